The number of hydrogen-bond donors (Lipinski definition) is 0. The molecule has 1 aliphatic rings. The Morgan fingerprint density at radius 3 is 2.37 bits per heavy atom. The second-order valence-electron chi connectivity index (χ2n) is 4.99. The summed E-state index contributed by atoms with van der Waals surface area (Å²) in [6, 6.07) is 11.7. The maximum atomic E-state index is 12.6. The van der Waals surface area contributed by atoms with Crippen LogP contribution in [0.15, 0.2) is 43.0 Å². The van der Waals surface area contributed by atoms with Crippen LogP contribution in [0.25, 0.3) is 5.57 Å². The van der Waals surface area contributed by atoms with Crippen molar-refractivity contribution >= 4 is 11.4 Å². The number of carbonyl (C=O) groups excluding carboxylic acids is 1. The Labute approximate surface area is 113 Å². The molecule has 0 bridgehead atoms. The molecule has 1 heteroatoms. The summed E-state index contributed by atoms with van der Waals surface area (Å²) in [7, 11) is 0. The van der Waals surface area contributed by atoms with Crippen LogP contribution in [0.1, 0.15) is 45.1 Å². The molecule has 2 aromatic carbocycles. The number of fused-ring (bicyclic) bond motifs is 2. The molecule has 0 unspecified atom stereocenters. The van der Waals surface area contributed by atoms with Gasteiger partial charge in [0.05, 0.1) is 0 Å². The normalized spacial score (nSPS) is 13.2. The molecule has 94 valence electrons. The lowest BCUT2D eigenvalue weighted by molar-refractivity contribution is 0.103. The smallest absolute Gasteiger partial charge is 0.194 e. The molecule has 0 saturated heterocycles. The molecule has 2 aromatic rings. The van der Waals surface area contributed by atoms with Gasteiger partial charge in [0.2, 0.25) is 0 Å². The minimum absolute atomic E-state index is 0.118. The highest BCUT2D eigenvalue weighted by Crippen LogP contribution is 2.37. The van der Waals surface area contributed by atoms with E-state index < -0.39 is 0 Å². The topological polar surface area (TPSA) is 17.1 Å². The van der Waals surface area contributed by atoms with Gasteiger partial charge in [0.15, 0.2) is 5.78 Å². The Kier molecular flexibility index (Phi) is 2.63. The van der Waals surface area contributed by atoms with Crippen LogP contribution in [0.4, 0.5) is 0 Å². The molecule has 0 amide bonds. The van der Waals surface area contributed by atoms with E-state index in [1.165, 1.54) is 11.1 Å². The van der Waals surface area contributed by atoms with Gasteiger partial charge >= 0.3 is 0 Å². The van der Waals surface area contributed by atoms with E-state index in [1.807, 2.05) is 36.4 Å². The van der Waals surface area contributed by atoms with E-state index in [9.17, 15) is 4.79 Å². The molecule has 0 aliphatic heterocycles. The van der Waals surface area contributed by atoms with E-state index >= 15 is 0 Å². The number of carbonyl (C=O) groups is 1. The first-order chi connectivity index (χ1) is 9.15. The highest BCUT2D eigenvalue weighted by molar-refractivity contribution is 6.19. The summed E-state index contributed by atoms with van der Waals surface area (Å²) < 4.78 is 0. The quantitative estimate of drug-likeness (QED) is 0.632. The number of rotatable bonds is 1. The molecule has 1 nitrogen and oxygen atoms in total. The van der Waals surface area contributed by atoms with E-state index in [4.69, 9.17) is 0 Å². The van der Waals surface area contributed by atoms with Gasteiger partial charge in [-0.15, -0.1) is 0 Å². The van der Waals surface area contributed by atoms with Crippen LogP contribution in [0.3, 0.4) is 0 Å². The van der Waals surface area contributed by atoms with E-state index in [0.29, 0.717) is 0 Å². The third-order valence-electron chi connectivity index (χ3n) is 3.94. The summed E-state index contributed by atoms with van der Waals surface area (Å²) >= 11 is 0. The summed E-state index contributed by atoms with van der Waals surface area (Å²) in [6.45, 7) is 8.45. The van der Waals surface area contributed by atoms with Gasteiger partial charge in [0.25, 0.3) is 0 Å². The van der Waals surface area contributed by atoms with E-state index in [-0.39, 0.29) is 5.78 Å². The predicted molar refractivity (Wildman–Crippen MR) is 78.6 cm³/mol. The molecular formula is C18H16O. The molecular weight excluding hydrogens is 232 g/mol. The van der Waals surface area contributed by atoms with Crippen LogP contribution in [0, 0.1) is 6.92 Å². The fourth-order valence-electron chi connectivity index (χ4n) is 2.97. The van der Waals surface area contributed by atoms with Crippen LogP contribution in [0.5, 0.6) is 0 Å². The van der Waals surface area contributed by atoms with Gasteiger partial charge in [-0.3, -0.25) is 4.79 Å². The van der Waals surface area contributed by atoms with Crippen LogP contribution >= 0.6 is 0 Å². The number of benzene rings is 2. The molecule has 0 heterocycles. The summed E-state index contributed by atoms with van der Waals surface area (Å²) in [5.41, 5.74) is 7.04. The first-order valence-electron chi connectivity index (χ1n) is 6.61. The fraction of sp³-hybridized carbons (Fsp3) is 0.167. The molecule has 0 aromatic heterocycles. The number of aryl methyl sites for hydroxylation is 1. The van der Waals surface area contributed by atoms with Gasteiger partial charge in [0.1, 0.15) is 0 Å². The molecule has 0 N–H and O–H groups in total. The molecule has 0 saturated carbocycles. The minimum atomic E-state index is 0.118. The van der Waals surface area contributed by atoms with Crippen molar-refractivity contribution in [2.45, 2.75) is 20.3 Å². The lowest BCUT2D eigenvalue weighted by Gasteiger charge is -2.24. The summed E-state index contributed by atoms with van der Waals surface area (Å²) in [6.07, 6.45) is 0.920. The monoisotopic (exact) mass is 248 g/mol. The second-order valence-corrected chi connectivity index (χ2v) is 4.99. The second kappa shape index (κ2) is 4.20. The Morgan fingerprint density at radius 1 is 1.00 bits per heavy atom. The third-order valence-corrected chi connectivity index (χ3v) is 3.94. The third kappa shape index (κ3) is 1.58. The molecule has 3 rings (SSSR count). The van der Waals surface area contributed by atoms with Crippen molar-refractivity contribution in [1.29, 1.82) is 0 Å². The molecule has 0 radical (unpaired) electrons. The van der Waals surface area contributed by atoms with Crippen molar-refractivity contribution in [3.63, 3.8) is 0 Å². The maximum absolute atomic E-state index is 12.6. The lowest BCUT2D eigenvalue weighted by atomic mass is 9.78. The van der Waals surface area contributed by atoms with Gasteiger partial charge in [-0.2, -0.15) is 0 Å². The minimum Gasteiger partial charge on any atom is -0.289 e. The number of hydrogen-bond acceptors (Lipinski definition) is 1. The molecule has 0 fully saturated rings. The highest BCUT2D eigenvalue weighted by Gasteiger charge is 2.27. The van der Waals surface area contributed by atoms with Crippen LogP contribution < -0.4 is 0 Å². The highest BCUT2D eigenvalue weighted by atomic mass is 16.1. The first kappa shape index (κ1) is 11.9. The zero-order valence-corrected chi connectivity index (χ0v) is 11.3. The van der Waals surface area contributed by atoms with Gasteiger partial charge in [-0.05, 0) is 41.2 Å². The number of ketones is 1. The van der Waals surface area contributed by atoms with Gasteiger partial charge in [-0.25, -0.2) is 0 Å². The average Bonchev–Trinajstić information content (AvgIpc) is 2.44. The van der Waals surface area contributed by atoms with E-state index in [2.05, 4.69) is 20.4 Å². The zero-order valence-electron chi connectivity index (χ0n) is 11.3. The summed E-state index contributed by atoms with van der Waals surface area (Å²) in [4.78, 5) is 12.6. The fourth-order valence-corrected chi connectivity index (χ4v) is 2.97. The molecule has 0 spiro atoms. The maximum Gasteiger partial charge on any atom is 0.194 e. The Morgan fingerprint density at radius 2 is 1.68 bits per heavy atom. The standard InChI is InChI=1S/C18H16O/c1-4-13-11(2)9-10-16-17(13)12(3)14-7-5-6-8-15(14)18(16)19/h5-10H,3-4H2,1-2H3. The average molecular weight is 248 g/mol. The van der Waals surface area contributed by atoms with Gasteiger partial charge in [-0.1, -0.05) is 49.9 Å². The Bertz CT molecular complexity index is 708. The van der Waals surface area contributed by atoms with Crippen molar-refractivity contribution in [3.8, 4) is 0 Å². The SMILES string of the molecule is C=C1c2ccccc2C(=O)c2ccc(C)c(CC)c21. The van der Waals surface area contributed by atoms with Crippen LogP contribution in [0.2, 0.25) is 0 Å². The van der Waals surface area contributed by atoms with Crippen molar-refractivity contribution in [3.05, 3.63) is 76.4 Å². The van der Waals surface area contributed by atoms with Crippen molar-refractivity contribution < 1.29 is 4.79 Å². The molecule has 1 aliphatic carbocycles. The molecule has 19 heavy (non-hydrogen) atoms. The van der Waals surface area contributed by atoms with E-state index in [0.717, 1.165) is 34.2 Å². The first-order valence-corrected chi connectivity index (χ1v) is 6.61. The summed E-state index contributed by atoms with van der Waals surface area (Å²) in [5.74, 6) is 0.118. The van der Waals surface area contributed by atoms with Crippen molar-refractivity contribution in [1.82, 2.24) is 0 Å². The van der Waals surface area contributed by atoms with Crippen LogP contribution in [-0.4, -0.2) is 5.78 Å². The Hall–Kier alpha value is -2.15. The van der Waals surface area contributed by atoms with Crippen LogP contribution in [-0.2, 0) is 6.42 Å². The predicted octanol–water partition coefficient (Wildman–Crippen LogP) is 4.16. The van der Waals surface area contributed by atoms with E-state index in [1.54, 1.807) is 0 Å². The van der Waals surface area contributed by atoms with Crippen molar-refractivity contribution in [2.24, 2.45) is 0 Å². The Balaban J connectivity index is 2.36. The molecule has 0 atom stereocenters. The van der Waals surface area contributed by atoms with Crippen molar-refractivity contribution in [2.75, 3.05) is 0 Å². The largest absolute Gasteiger partial charge is 0.289 e. The van der Waals surface area contributed by atoms with Gasteiger partial charge in [0, 0.05) is 11.1 Å². The zero-order chi connectivity index (χ0) is 13.6. The lowest BCUT2D eigenvalue weighted by Crippen LogP contribution is -2.16. The summed E-state index contributed by atoms with van der Waals surface area (Å²) in [5, 5.41) is 0. The van der Waals surface area contributed by atoms with Gasteiger partial charge < -0.3 is 0 Å².